The molecule has 0 radical (unpaired) electrons. The van der Waals surface area contributed by atoms with Crippen molar-refractivity contribution in [3.05, 3.63) is 0 Å². The Kier molecular flexibility index (Phi) is 7.50. The van der Waals surface area contributed by atoms with E-state index in [0.29, 0.717) is 0 Å². The van der Waals surface area contributed by atoms with Crippen molar-refractivity contribution in [1.82, 2.24) is 0 Å². The molecule has 0 rings (SSSR count). The van der Waals surface area contributed by atoms with Gasteiger partial charge in [0.05, 0.1) is 13.2 Å². The standard InChI is InChI=1S/C4H6Cl4O2/c5-3(6)9-1-2-10-4(7)8/h3-4H,1-2H2. The first kappa shape index (κ1) is 11.1. The smallest absolute Gasteiger partial charge is 0.206 e. The molecule has 62 valence electrons. The van der Waals surface area contributed by atoms with E-state index >= 15 is 0 Å². The van der Waals surface area contributed by atoms with Crippen molar-refractivity contribution >= 4 is 46.4 Å². The van der Waals surface area contributed by atoms with Crippen LogP contribution in [0.4, 0.5) is 0 Å². The fourth-order valence-electron chi connectivity index (χ4n) is 0.274. The molecule has 0 N–H and O–H groups in total. The van der Waals surface area contributed by atoms with Gasteiger partial charge in [-0.1, -0.05) is 46.4 Å². The van der Waals surface area contributed by atoms with Gasteiger partial charge in [-0.3, -0.25) is 0 Å². The first-order valence-corrected chi connectivity index (χ1v) is 4.17. The van der Waals surface area contributed by atoms with Gasteiger partial charge in [0.25, 0.3) is 0 Å². The minimum Gasteiger partial charge on any atom is -0.347 e. The summed E-state index contributed by atoms with van der Waals surface area (Å²) in [4.78, 5) is 0. The Bertz CT molecular complexity index is 67.7. The lowest BCUT2D eigenvalue weighted by molar-refractivity contribution is 0.0635. The SMILES string of the molecule is ClC(Cl)OCCOC(Cl)Cl. The maximum absolute atomic E-state index is 5.21. The number of alkyl halides is 4. The lowest BCUT2D eigenvalue weighted by Crippen LogP contribution is -2.08. The molecular weight excluding hydrogens is 222 g/mol. The monoisotopic (exact) mass is 226 g/mol. The third kappa shape index (κ3) is 9.08. The van der Waals surface area contributed by atoms with E-state index < -0.39 is 10.0 Å². The van der Waals surface area contributed by atoms with Crippen LogP contribution in [-0.2, 0) is 9.47 Å². The van der Waals surface area contributed by atoms with Crippen molar-refractivity contribution in [3.8, 4) is 0 Å². The van der Waals surface area contributed by atoms with Crippen LogP contribution in [0.15, 0.2) is 0 Å². The molecule has 0 aromatic heterocycles. The molecule has 0 aromatic rings. The summed E-state index contributed by atoms with van der Waals surface area (Å²) in [6, 6.07) is 0. The Morgan fingerprint density at radius 1 is 0.800 bits per heavy atom. The molecule has 0 fully saturated rings. The molecule has 0 atom stereocenters. The molecule has 0 unspecified atom stereocenters. The highest BCUT2D eigenvalue weighted by molar-refractivity contribution is 6.43. The van der Waals surface area contributed by atoms with E-state index in [-0.39, 0.29) is 13.2 Å². The van der Waals surface area contributed by atoms with E-state index in [1.165, 1.54) is 0 Å². The van der Waals surface area contributed by atoms with Crippen LogP contribution in [0.25, 0.3) is 0 Å². The van der Waals surface area contributed by atoms with Crippen molar-refractivity contribution in [2.45, 2.75) is 10.0 Å². The van der Waals surface area contributed by atoms with Gasteiger partial charge in [0, 0.05) is 0 Å². The minimum absolute atomic E-state index is 0.271. The molecular formula is C4H6Cl4O2. The maximum Gasteiger partial charge on any atom is 0.206 e. The third-order valence-corrected chi connectivity index (χ3v) is 1.07. The average molecular weight is 228 g/mol. The molecule has 0 aliphatic rings. The molecule has 0 aliphatic carbocycles. The summed E-state index contributed by atoms with van der Waals surface area (Å²) in [6.07, 6.45) is 0. The number of rotatable bonds is 5. The van der Waals surface area contributed by atoms with Crippen LogP contribution in [0, 0.1) is 0 Å². The second-order valence-electron chi connectivity index (χ2n) is 1.26. The predicted octanol–water partition coefficient (Wildman–Crippen LogP) is 2.54. The zero-order valence-electron chi connectivity index (χ0n) is 4.90. The van der Waals surface area contributed by atoms with E-state index in [1.54, 1.807) is 0 Å². The van der Waals surface area contributed by atoms with Crippen molar-refractivity contribution in [2.24, 2.45) is 0 Å². The van der Waals surface area contributed by atoms with Gasteiger partial charge in [-0.25, -0.2) is 0 Å². The number of ether oxygens (including phenoxy) is 2. The van der Waals surface area contributed by atoms with Crippen LogP contribution in [0.3, 0.4) is 0 Å². The number of halogens is 4. The summed E-state index contributed by atoms with van der Waals surface area (Å²) in [5.41, 5.74) is 0. The number of hydrogen-bond acceptors (Lipinski definition) is 2. The molecule has 0 heterocycles. The summed E-state index contributed by atoms with van der Waals surface area (Å²) in [6.45, 7) is 0.543. The molecule has 6 heteroatoms. The summed E-state index contributed by atoms with van der Waals surface area (Å²) < 4.78 is 9.36. The molecule has 0 saturated heterocycles. The molecule has 0 bridgehead atoms. The molecule has 0 amide bonds. The van der Waals surface area contributed by atoms with E-state index in [1.807, 2.05) is 0 Å². The lowest BCUT2D eigenvalue weighted by Gasteiger charge is -2.05. The van der Waals surface area contributed by atoms with Crippen molar-refractivity contribution in [2.75, 3.05) is 13.2 Å². The van der Waals surface area contributed by atoms with E-state index in [0.717, 1.165) is 0 Å². The summed E-state index contributed by atoms with van der Waals surface area (Å²) >= 11 is 20.9. The van der Waals surface area contributed by atoms with E-state index in [4.69, 9.17) is 46.4 Å². The van der Waals surface area contributed by atoms with Crippen molar-refractivity contribution in [1.29, 1.82) is 0 Å². The maximum atomic E-state index is 5.21. The van der Waals surface area contributed by atoms with Crippen LogP contribution < -0.4 is 0 Å². The second kappa shape index (κ2) is 6.77. The molecule has 0 spiro atoms. The van der Waals surface area contributed by atoms with Gasteiger partial charge in [-0.05, 0) is 0 Å². The Morgan fingerprint density at radius 3 is 1.30 bits per heavy atom. The summed E-state index contributed by atoms with van der Waals surface area (Å²) in [7, 11) is 0. The Hall–Kier alpha value is 1.08. The fourth-order valence-corrected chi connectivity index (χ4v) is 0.631. The lowest BCUT2D eigenvalue weighted by atomic mass is 10.8. The Morgan fingerprint density at radius 2 is 1.10 bits per heavy atom. The normalized spacial score (nSPS) is 11.4. The summed E-state index contributed by atoms with van der Waals surface area (Å²) in [5, 5.41) is -1.65. The molecule has 0 saturated carbocycles. The zero-order chi connectivity index (χ0) is 7.98. The van der Waals surface area contributed by atoms with Gasteiger partial charge >= 0.3 is 0 Å². The van der Waals surface area contributed by atoms with Gasteiger partial charge in [-0.2, -0.15) is 0 Å². The minimum atomic E-state index is -0.826. The van der Waals surface area contributed by atoms with Crippen LogP contribution in [0.5, 0.6) is 0 Å². The van der Waals surface area contributed by atoms with Crippen LogP contribution in [-0.4, -0.2) is 23.3 Å². The van der Waals surface area contributed by atoms with Crippen LogP contribution in [0.1, 0.15) is 0 Å². The predicted molar refractivity (Wildman–Crippen MR) is 42.9 cm³/mol. The van der Waals surface area contributed by atoms with Gasteiger partial charge in [-0.15, -0.1) is 0 Å². The van der Waals surface area contributed by atoms with E-state index in [2.05, 4.69) is 9.47 Å². The van der Waals surface area contributed by atoms with E-state index in [9.17, 15) is 0 Å². The van der Waals surface area contributed by atoms with Crippen LogP contribution in [0.2, 0.25) is 0 Å². The molecule has 2 nitrogen and oxygen atoms in total. The topological polar surface area (TPSA) is 18.5 Å². The molecule has 0 aromatic carbocycles. The quantitative estimate of drug-likeness (QED) is 0.531. The summed E-state index contributed by atoms with van der Waals surface area (Å²) in [5.74, 6) is 0. The van der Waals surface area contributed by atoms with Crippen molar-refractivity contribution < 1.29 is 9.47 Å². The largest absolute Gasteiger partial charge is 0.347 e. The first-order chi connectivity index (χ1) is 4.63. The highest BCUT2D eigenvalue weighted by Gasteiger charge is 1.99. The second-order valence-corrected chi connectivity index (χ2v) is 3.30. The van der Waals surface area contributed by atoms with Gasteiger partial charge < -0.3 is 9.47 Å². The van der Waals surface area contributed by atoms with Gasteiger partial charge in [0.2, 0.25) is 10.0 Å². The highest BCUT2D eigenvalue weighted by atomic mass is 35.5. The average Bonchev–Trinajstić information content (AvgIpc) is 1.79. The molecule has 0 aliphatic heterocycles. The zero-order valence-corrected chi connectivity index (χ0v) is 7.92. The third-order valence-electron chi connectivity index (χ3n) is 0.571. The van der Waals surface area contributed by atoms with Gasteiger partial charge in [0.15, 0.2) is 0 Å². The Labute approximate surface area is 79.3 Å². The number of hydrogen-bond donors (Lipinski definition) is 0. The Balaban J connectivity index is 2.91. The fraction of sp³-hybridized carbons (Fsp3) is 1.00. The highest BCUT2D eigenvalue weighted by Crippen LogP contribution is 2.05. The molecule has 10 heavy (non-hydrogen) atoms. The van der Waals surface area contributed by atoms with Gasteiger partial charge in [0.1, 0.15) is 0 Å². The van der Waals surface area contributed by atoms with Crippen LogP contribution >= 0.6 is 46.4 Å². The van der Waals surface area contributed by atoms with Crippen molar-refractivity contribution in [3.63, 3.8) is 0 Å². The first-order valence-electron chi connectivity index (χ1n) is 2.42.